The summed E-state index contributed by atoms with van der Waals surface area (Å²) in [5.74, 6) is 1.55. The molecule has 0 bridgehead atoms. The van der Waals surface area contributed by atoms with Crippen LogP contribution in [0, 0.1) is 10.6 Å². The molecule has 8 heteroatoms. The molecule has 0 aliphatic carbocycles. The Hall–Kier alpha value is -3.00. The zero-order chi connectivity index (χ0) is 17.6. The molecule has 0 aliphatic rings. The highest BCUT2D eigenvalue weighted by Gasteiger charge is 2.06. The third-order valence-electron chi connectivity index (χ3n) is 3.32. The van der Waals surface area contributed by atoms with Crippen molar-refractivity contribution in [3.63, 3.8) is 0 Å². The molecule has 0 radical (unpaired) electrons. The van der Waals surface area contributed by atoms with Crippen LogP contribution in [0.5, 0.6) is 11.5 Å². The van der Waals surface area contributed by atoms with Crippen molar-refractivity contribution in [3.05, 3.63) is 70.5 Å². The molecule has 0 aliphatic heterocycles. The summed E-state index contributed by atoms with van der Waals surface area (Å²) in [6, 6.07) is 13.2. The topological polar surface area (TPSA) is 64.4 Å². The quantitative estimate of drug-likeness (QED) is 0.541. The van der Waals surface area contributed by atoms with E-state index in [0.29, 0.717) is 22.1 Å². The van der Waals surface area contributed by atoms with Gasteiger partial charge in [0.05, 0.1) is 13.3 Å². The number of aromatic nitrogens is 3. The number of benzene rings is 2. The fourth-order valence-electron chi connectivity index (χ4n) is 2.05. The van der Waals surface area contributed by atoms with Crippen LogP contribution in [0.4, 0.5) is 4.39 Å². The predicted molar refractivity (Wildman–Crippen MR) is 94.1 cm³/mol. The Morgan fingerprint density at radius 1 is 1.24 bits per heavy atom. The monoisotopic (exact) mass is 358 g/mol. The summed E-state index contributed by atoms with van der Waals surface area (Å²) in [5.41, 5.74) is 0.740. The van der Waals surface area contributed by atoms with Gasteiger partial charge in [-0.05, 0) is 42.0 Å². The summed E-state index contributed by atoms with van der Waals surface area (Å²) >= 11 is 5.18. The third-order valence-corrected chi connectivity index (χ3v) is 3.58. The van der Waals surface area contributed by atoms with Gasteiger partial charge in [-0.2, -0.15) is 14.9 Å². The molecule has 1 heterocycles. The van der Waals surface area contributed by atoms with Crippen molar-refractivity contribution in [2.75, 3.05) is 7.11 Å². The highest BCUT2D eigenvalue weighted by Crippen LogP contribution is 2.19. The lowest BCUT2D eigenvalue weighted by atomic mass is 10.2. The van der Waals surface area contributed by atoms with Crippen molar-refractivity contribution >= 4 is 18.4 Å². The van der Waals surface area contributed by atoms with Crippen LogP contribution in [0.1, 0.15) is 11.4 Å². The first-order chi connectivity index (χ1) is 12.2. The van der Waals surface area contributed by atoms with Crippen LogP contribution in [-0.4, -0.2) is 28.2 Å². The highest BCUT2D eigenvalue weighted by molar-refractivity contribution is 7.71. The minimum absolute atomic E-state index is 0.168. The summed E-state index contributed by atoms with van der Waals surface area (Å²) in [4.78, 5) is 0. The number of methoxy groups -OCH3 is 1. The van der Waals surface area contributed by atoms with Crippen molar-refractivity contribution in [1.82, 2.24) is 14.9 Å². The molecule has 3 rings (SSSR count). The Bertz CT molecular complexity index is 934. The van der Waals surface area contributed by atoms with E-state index in [9.17, 15) is 4.39 Å². The molecule has 128 valence electrons. The SMILES string of the molecule is COc1cccc(OCc2n[nH]c(=S)n2/N=C\c2ccc(F)cc2)c1. The molecule has 0 amide bonds. The molecule has 25 heavy (non-hydrogen) atoms. The molecular weight excluding hydrogens is 343 g/mol. The predicted octanol–water partition coefficient (Wildman–Crippen LogP) is 3.55. The molecule has 1 aromatic heterocycles. The Morgan fingerprint density at radius 3 is 2.76 bits per heavy atom. The number of nitrogens with one attached hydrogen (secondary N) is 1. The number of halogens is 1. The zero-order valence-electron chi connectivity index (χ0n) is 13.3. The molecular formula is C17H15FN4O2S. The third kappa shape index (κ3) is 4.30. The fourth-order valence-corrected chi connectivity index (χ4v) is 2.25. The van der Waals surface area contributed by atoms with E-state index in [2.05, 4.69) is 15.3 Å². The summed E-state index contributed by atoms with van der Waals surface area (Å²) in [6.07, 6.45) is 1.57. The first-order valence-corrected chi connectivity index (χ1v) is 7.79. The van der Waals surface area contributed by atoms with E-state index in [4.69, 9.17) is 21.7 Å². The second-order valence-electron chi connectivity index (χ2n) is 5.02. The molecule has 0 fully saturated rings. The zero-order valence-corrected chi connectivity index (χ0v) is 14.2. The van der Waals surface area contributed by atoms with Gasteiger partial charge in [-0.15, -0.1) is 0 Å². The highest BCUT2D eigenvalue weighted by atomic mass is 32.1. The Morgan fingerprint density at radius 2 is 2.00 bits per heavy atom. The molecule has 6 nitrogen and oxygen atoms in total. The van der Waals surface area contributed by atoms with Gasteiger partial charge >= 0.3 is 0 Å². The van der Waals surface area contributed by atoms with Gasteiger partial charge in [-0.1, -0.05) is 18.2 Å². The van der Waals surface area contributed by atoms with Gasteiger partial charge in [0, 0.05) is 6.07 Å². The fraction of sp³-hybridized carbons (Fsp3) is 0.118. The van der Waals surface area contributed by atoms with Crippen LogP contribution in [-0.2, 0) is 6.61 Å². The van der Waals surface area contributed by atoms with Gasteiger partial charge in [0.2, 0.25) is 4.77 Å². The Balaban J connectivity index is 1.75. The van der Waals surface area contributed by atoms with Crippen LogP contribution in [0.25, 0.3) is 0 Å². The van der Waals surface area contributed by atoms with Gasteiger partial charge in [-0.3, -0.25) is 0 Å². The second-order valence-corrected chi connectivity index (χ2v) is 5.41. The maximum absolute atomic E-state index is 12.9. The minimum Gasteiger partial charge on any atom is -0.497 e. The average molecular weight is 358 g/mol. The molecule has 0 saturated carbocycles. The summed E-state index contributed by atoms with van der Waals surface area (Å²) in [6.45, 7) is 0.168. The van der Waals surface area contributed by atoms with E-state index >= 15 is 0 Å². The minimum atomic E-state index is -0.301. The van der Waals surface area contributed by atoms with Gasteiger partial charge in [0.1, 0.15) is 23.9 Å². The second kappa shape index (κ2) is 7.71. The standard InChI is InChI=1S/C17H15FN4O2S/c1-23-14-3-2-4-15(9-14)24-11-16-20-21-17(25)22(16)19-10-12-5-7-13(18)8-6-12/h2-10H,11H2,1H3,(H,21,25)/b19-10-. The maximum Gasteiger partial charge on any atom is 0.216 e. The van der Waals surface area contributed by atoms with Crippen molar-refractivity contribution in [1.29, 1.82) is 0 Å². The Kier molecular flexibility index (Phi) is 5.20. The largest absolute Gasteiger partial charge is 0.497 e. The van der Waals surface area contributed by atoms with Gasteiger partial charge in [0.25, 0.3) is 0 Å². The number of ether oxygens (including phenoxy) is 2. The van der Waals surface area contributed by atoms with Crippen molar-refractivity contribution in [3.8, 4) is 11.5 Å². The number of rotatable bonds is 6. The van der Waals surface area contributed by atoms with Crippen LogP contribution < -0.4 is 9.47 Å². The number of nitrogens with zero attached hydrogens (tertiary/aromatic N) is 3. The summed E-state index contributed by atoms with van der Waals surface area (Å²) < 4.78 is 25.6. The first kappa shape index (κ1) is 16.8. The number of hydrogen-bond donors (Lipinski definition) is 1. The van der Waals surface area contributed by atoms with Crippen molar-refractivity contribution in [2.45, 2.75) is 6.61 Å². The van der Waals surface area contributed by atoms with Crippen molar-refractivity contribution in [2.24, 2.45) is 5.10 Å². The number of H-pyrrole nitrogens is 1. The number of aromatic amines is 1. The van der Waals surface area contributed by atoms with Crippen molar-refractivity contribution < 1.29 is 13.9 Å². The van der Waals surface area contributed by atoms with Crippen LogP contribution in [0.15, 0.2) is 53.6 Å². The summed E-state index contributed by atoms with van der Waals surface area (Å²) in [7, 11) is 1.59. The molecule has 1 N–H and O–H groups in total. The lowest BCUT2D eigenvalue weighted by Crippen LogP contribution is -2.04. The molecule has 0 unspecified atom stereocenters. The van der Waals surface area contributed by atoms with Gasteiger partial charge in [0.15, 0.2) is 5.82 Å². The Labute approximate surface area is 148 Å². The lowest BCUT2D eigenvalue weighted by Gasteiger charge is -2.07. The van der Waals surface area contributed by atoms with Crippen LogP contribution in [0.3, 0.4) is 0 Å². The molecule has 0 spiro atoms. The van der Waals surface area contributed by atoms with Crippen LogP contribution >= 0.6 is 12.2 Å². The summed E-state index contributed by atoms with van der Waals surface area (Å²) in [5, 5.41) is 11.1. The first-order valence-electron chi connectivity index (χ1n) is 7.39. The molecule has 2 aromatic carbocycles. The number of hydrogen-bond acceptors (Lipinski definition) is 5. The average Bonchev–Trinajstić information content (AvgIpc) is 2.99. The smallest absolute Gasteiger partial charge is 0.216 e. The molecule has 3 aromatic rings. The molecule has 0 atom stereocenters. The maximum atomic E-state index is 12.9. The van der Waals surface area contributed by atoms with E-state index in [-0.39, 0.29) is 12.4 Å². The molecule has 0 saturated heterocycles. The normalized spacial score (nSPS) is 11.0. The van der Waals surface area contributed by atoms with Gasteiger partial charge in [-0.25, -0.2) is 9.49 Å². The van der Waals surface area contributed by atoms with E-state index < -0.39 is 0 Å². The van der Waals surface area contributed by atoms with E-state index in [1.807, 2.05) is 18.2 Å². The lowest BCUT2D eigenvalue weighted by molar-refractivity contribution is 0.288. The van der Waals surface area contributed by atoms with E-state index in [1.54, 1.807) is 31.5 Å². The van der Waals surface area contributed by atoms with E-state index in [1.165, 1.54) is 16.8 Å². The van der Waals surface area contributed by atoms with Gasteiger partial charge < -0.3 is 9.47 Å². The van der Waals surface area contributed by atoms with Crippen LogP contribution in [0.2, 0.25) is 0 Å². The van der Waals surface area contributed by atoms with E-state index in [0.717, 1.165) is 5.56 Å².